The second kappa shape index (κ2) is 4.29. The van der Waals surface area contributed by atoms with Gasteiger partial charge in [0.05, 0.1) is 28.9 Å². The minimum Gasteiger partial charge on any atom is -0.590 e. The Hall–Kier alpha value is -3.53. The van der Waals surface area contributed by atoms with E-state index in [1.54, 1.807) is 0 Å². The summed E-state index contributed by atoms with van der Waals surface area (Å²) in [6.07, 6.45) is 2.93. The Morgan fingerprint density at radius 2 is 2.20 bits per heavy atom. The first-order valence-corrected chi connectivity index (χ1v) is 5.16. The van der Waals surface area contributed by atoms with Crippen LogP contribution in [-0.2, 0) is 0 Å². The molecule has 0 spiro atoms. The Bertz CT molecular complexity index is 838. The molecule has 0 fully saturated rings. The van der Waals surface area contributed by atoms with Crippen molar-refractivity contribution >= 4 is 16.7 Å². The molecule has 0 radical (unpaired) electrons. The lowest BCUT2D eigenvalue weighted by atomic mass is 10.2. The van der Waals surface area contributed by atoms with Crippen LogP contribution in [0.2, 0.25) is 0 Å². The zero-order chi connectivity index (χ0) is 14.1. The van der Waals surface area contributed by atoms with Gasteiger partial charge < -0.3 is 10.4 Å². The van der Waals surface area contributed by atoms with Gasteiger partial charge >= 0.3 is 5.21 Å². The molecule has 12 heteroatoms. The zero-order valence-electron chi connectivity index (χ0n) is 9.60. The Kier molecular flexibility index (Phi) is 2.48. The predicted molar refractivity (Wildman–Crippen MR) is 61.2 cm³/mol. The Morgan fingerprint density at radius 3 is 2.90 bits per heavy atom. The highest BCUT2D eigenvalue weighted by atomic mass is 16.6. The number of azide groups is 1. The van der Waals surface area contributed by atoms with Crippen LogP contribution < -0.4 is 9.80 Å². The fourth-order valence-electron chi connectivity index (χ4n) is 1.67. The van der Waals surface area contributed by atoms with Gasteiger partial charge in [-0.3, -0.25) is 0 Å². The van der Waals surface area contributed by atoms with Crippen LogP contribution in [0.25, 0.3) is 27.2 Å². The summed E-state index contributed by atoms with van der Waals surface area (Å²) in [6.45, 7) is 0. The molecule has 20 heavy (non-hydrogen) atoms. The molecule has 0 aliphatic rings. The monoisotopic (exact) mass is 272 g/mol. The number of fused-ring (bicyclic) bond motifs is 1. The van der Waals surface area contributed by atoms with Crippen LogP contribution in [0.4, 0.5) is 5.69 Å². The van der Waals surface area contributed by atoms with Crippen LogP contribution in [0.15, 0.2) is 29.6 Å². The van der Waals surface area contributed by atoms with Gasteiger partial charge in [-0.1, -0.05) is 10.3 Å². The predicted octanol–water partition coefficient (Wildman–Crippen LogP) is -0.581. The van der Waals surface area contributed by atoms with Crippen molar-refractivity contribution in [3.63, 3.8) is 0 Å². The second-order valence-electron chi connectivity index (χ2n) is 3.58. The topological polar surface area (TPSA) is 159 Å². The molecule has 2 heterocycles. The van der Waals surface area contributed by atoms with E-state index in [0.717, 1.165) is 0 Å². The van der Waals surface area contributed by atoms with Gasteiger partial charge in [-0.15, -0.1) is 5.10 Å². The quantitative estimate of drug-likeness (QED) is 0.199. The number of nitrogens with zero attached hydrogens (tertiary/aromatic N) is 10. The summed E-state index contributed by atoms with van der Waals surface area (Å²) in [5.41, 5.74) is 9.09. The van der Waals surface area contributed by atoms with Crippen LogP contribution in [-0.4, -0.2) is 25.3 Å². The molecule has 2 aromatic heterocycles. The average molecular weight is 272 g/mol. The van der Waals surface area contributed by atoms with Crippen molar-refractivity contribution in [2.24, 2.45) is 5.11 Å². The van der Waals surface area contributed by atoms with Crippen LogP contribution in [0.1, 0.15) is 0 Å². The van der Waals surface area contributed by atoms with Gasteiger partial charge in [0.2, 0.25) is 5.52 Å². The molecule has 0 bridgehead atoms. The summed E-state index contributed by atoms with van der Waals surface area (Å²) in [4.78, 5) is 2.67. The maximum Gasteiger partial charge on any atom is 0.326 e. The number of aromatic nitrogens is 7. The average Bonchev–Trinajstić information content (AvgIpc) is 2.93. The van der Waals surface area contributed by atoms with Gasteiger partial charge in [0.1, 0.15) is 4.96 Å². The lowest BCUT2D eigenvalue weighted by Crippen LogP contribution is -2.50. The van der Waals surface area contributed by atoms with Crippen molar-refractivity contribution in [3.05, 3.63) is 45.4 Å². The van der Waals surface area contributed by atoms with Crippen LogP contribution in [0.5, 0.6) is 0 Å². The van der Waals surface area contributed by atoms with Gasteiger partial charge in [-0.05, 0) is 5.53 Å². The van der Waals surface area contributed by atoms with Gasteiger partial charge in [0, 0.05) is 21.9 Å². The Morgan fingerprint density at radius 1 is 1.35 bits per heavy atom. The van der Waals surface area contributed by atoms with Gasteiger partial charge in [0.15, 0.2) is 0 Å². The Labute approximate surface area is 109 Å². The van der Waals surface area contributed by atoms with E-state index in [1.807, 2.05) is 0 Å². The molecule has 0 saturated carbocycles. The molecule has 12 nitrogen and oxygen atoms in total. The van der Waals surface area contributed by atoms with Crippen LogP contribution in [0, 0.1) is 10.4 Å². The highest BCUT2D eigenvalue weighted by Crippen LogP contribution is 2.26. The first-order valence-electron chi connectivity index (χ1n) is 5.16. The molecule has 3 aromatic rings. The Balaban J connectivity index is 2.38. The minimum atomic E-state index is -0.103. The summed E-state index contributed by atoms with van der Waals surface area (Å²) in [6, 6.07) is 2.64. The van der Waals surface area contributed by atoms with Crippen molar-refractivity contribution < 1.29 is 9.80 Å². The number of benzene rings is 1. The summed E-state index contributed by atoms with van der Waals surface area (Å²) >= 11 is 0. The minimum absolute atomic E-state index is 0.0108. The molecule has 98 valence electrons. The van der Waals surface area contributed by atoms with E-state index in [2.05, 4.69) is 30.7 Å². The van der Waals surface area contributed by atoms with Crippen molar-refractivity contribution in [2.75, 3.05) is 0 Å². The normalized spacial score (nSPS) is 10.4. The van der Waals surface area contributed by atoms with E-state index in [1.165, 1.54) is 29.2 Å². The van der Waals surface area contributed by atoms with E-state index in [4.69, 9.17) is 5.53 Å². The van der Waals surface area contributed by atoms with E-state index < -0.39 is 0 Å². The van der Waals surface area contributed by atoms with E-state index in [-0.39, 0.29) is 26.5 Å². The zero-order valence-corrected chi connectivity index (χ0v) is 9.60. The van der Waals surface area contributed by atoms with E-state index in [9.17, 15) is 10.4 Å². The lowest BCUT2D eigenvalue weighted by Gasteiger charge is -2.04. The van der Waals surface area contributed by atoms with E-state index >= 15 is 0 Å². The molecule has 0 saturated heterocycles. The summed E-state index contributed by atoms with van der Waals surface area (Å²) in [5.74, 6) is 0. The van der Waals surface area contributed by atoms with Gasteiger partial charge in [-0.2, -0.15) is 0 Å². The van der Waals surface area contributed by atoms with Gasteiger partial charge in [-0.25, -0.2) is 4.68 Å². The first-order chi connectivity index (χ1) is 9.69. The summed E-state index contributed by atoms with van der Waals surface area (Å²) in [5, 5.41) is 40.0. The fourth-order valence-corrected chi connectivity index (χ4v) is 1.67. The summed E-state index contributed by atoms with van der Waals surface area (Å²) < 4.78 is 1.32. The van der Waals surface area contributed by atoms with Crippen molar-refractivity contribution in [3.8, 4) is 5.69 Å². The molecule has 1 aromatic carbocycles. The van der Waals surface area contributed by atoms with E-state index in [0.29, 0.717) is 5.69 Å². The molecular formula is C8H4N10O2. The van der Waals surface area contributed by atoms with Crippen molar-refractivity contribution in [1.82, 2.24) is 25.3 Å². The molecule has 0 N–H and O–H groups in total. The maximum absolute atomic E-state index is 11.5. The van der Waals surface area contributed by atoms with Crippen LogP contribution in [0.3, 0.4) is 0 Å². The van der Waals surface area contributed by atoms with Crippen LogP contribution >= 0.6 is 0 Å². The third kappa shape index (κ3) is 1.77. The number of hydrogen-bond acceptors (Lipinski definition) is 7. The fraction of sp³-hybridized carbons (Fsp3) is 0. The highest BCUT2D eigenvalue weighted by Gasteiger charge is 2.18. The van der Waals surface area contributed by atoms with Gasteiger partial charge in [0.25, 0.3) is 5.52 Å². The SMILES string of the molecule is [N-]=[N+]=Nc1cc2c(cc1-n1ccnn1)n[n+]([O-])n[n+]2[O-]. The smallest absolute Gasteiger partial charge is 0.326 e. The van der Waals surface area contributed by atoms with Crippen molar-refractivity contribution in [1.29, 1.82) is 0 Å². The number of rotatable bonds is 2. The molecular weight excluding hydrogens is 268 g/mol. The lowest BCUT2D eigenvalue weighted by molar-refractivity contribution is -0.863. The summed E-state index contributed by atoms with van der Waals surface area (Å²) in [7, 11) is 0. The van der Waals surface area contributed by atoms with Crippen molar-refractivity contribution in [2.45, 2.75) is 0 Å². The largest absolute Gasteiger partial charge is 0.590 e. The third-order valence-electron chi connectivity index (χ3n) is 2.45. The standard InChI is InChI=1S/C8H4N10O2/c9-13-11-5-3-8-6(12-18(20)15-17(8)19)4-7(5)16-2-1-10-14-16/h1-4H. The molecule has 0 atom stereocenters. The highest BCUT2D eigenvalue weighted by molar-refractivity contribution is 5.80. The second-order valence-corrected chi connectivity index (χ2v) is 3.58. The first kappa shape index (κ1) is 11.6. The molecule has 3 rings (SSSR count). The molecule has 0 aliphatic carbocycles. The molecule has 0 unspecified atom stereocenters. The molecule has 0 amide bonds. The third-order valence-corrected chi connectivity index (χ3v) is 2.45. The maximum atomic E-state index is 11.5. The number of hydrogen-bond donors (Lipinski definition) is 0. The molecule has 0 aliphatic heterocycles.